The molecule has 0 unspecified atom stereocenters. The minimum Gasteiger partial charge on any atom is -0.492 e. The third kappa shape index (κ3) is 5.48. The number of nitriles is 1. The molecule has 2 aromatic heterocycles. The molecule has 42 heavy (non-hydrogen) atoms. The molecule has 2 heterocycles. The molecular formula is C32H27ClN6O3. The first-order valence-electron chi connectivity index (χ1n) is 13.2. The Morgan fingerprint density at radius 2 is 1.74 bits per heavy atom. The summed E-state index contributed by atoms with van der Waals surface area (Å²) in [6.45, 7) is 4.06. The molecule has 5 aromatic rings. The second-order valence-corrected chi connectivity index (χ2v) is 9.76. The number of nitrogens with one attached hydrogen (secondary N) is 1. The van der Waals surface area contributed by atoms with Crippen molar-refractivity contribution in [1.82, 2.24) is 19.1 Å². The standard InChI is InChI=1S/C32H27ClN6O3/c1-4-42-28-16-15-22(18-27(28)33)30-24(20-38(36-30)25-11-7-5-8-12-25)17-23(19-34)31(40)35-29-21(2)37(3)39(32(29)41)26-13-9-6-10-14-26/h5-18,20H,4H2,1-3H3,(H,35,40). The van der Waals surface area contributed by atoms with Crippen LogP contribution in [0.4, 0.5) is 5.69 Å². The van der Waals surface area contributed by atoms with Crippen molar-refractivity contribution in [2.45, 2.75) is 13.8 Å². The number of halogens is 1. The van der Waals surface area contributed by atoms with E-state index < -0.39 is 11.5 Å². The molecule has 0 spiro atoms. The average molecular weight is 579 g/mol. The Morgan fingerprint density at radius 1 is 1.07 bits per heavy atom. The summed E-state index contributed by atoms with van der Waals surface area (Å²) < 4.78 is 10.3. The maximum atomic E-state index is 13.4. The average Bonchev–Trinajstić information content (AvgIpc) is 3.52. The lowest BCUT2D eigenvalue weighted by molar-refractivity contribution is -0.112. The van der Waals surface area contributed by atoms with Crippen molar-refractivity contribution >= 4 is 29.3 Å². The number of anilines is 1. The second-order valence-electron chi connectivity index (χ2n) is 9.35. The molecule has 0 aliphatic heterocycles. The molecule has 0 radical (unpaired) electrons. The molecule has 0 bridgehead atoms. The maximum Gasteiger partial charge on any atom is 0.295 e. The van der Waals surface area contributed by atoms with Crippen molar-refractivity contribution in [3.63, 3.8) is 0 Å². The van der Waals surface area contributed by atoms with E-state index in [9.17, 15) is 14.9 Å². The van der Waals surface area contributed by atoms with Gasteiger partial charge in [-0.15, -0.1) is 0 Å². The summed E-state index contributed by atoms with van der Waals surface area (Å²) in [7, 11) is 1.73. The largest absolute Gasteiger partial charge is 0.492 e. The molecule has 5 rings (SSSR count). The lowest BCUT2D eigenvalue weighted by atomic mass is 10.1. The molecule has 0 aliphatic rings. The van der Waals surface area contributed by atoms with Gasteiger partial charge < -0.3 is 10.1 Å². The quantitative estimate of drug-likeness (QED) is 0.181. The van der Waals surface area contributed by atoms with E-state index in [1.54, 1.807) is 53.8 Å². The molecule has 3 aromatic carbocycles. The number of benzene rings is 3. The summed E-state index contributed by atoms with van der Waals surface area (Å²) in [5.41, 5.74) is 3.15. The minimum absolute atomic E-state index is 0.0889. The Kier molecular flexibility index (Phi) is 8.09. The predicted molar refractivity (Wildman–Crippen MR) is 163 cm³/mol. The molecule has 1 N–H and O–H groups in total. The van der Waals surface area contributed by atoms with Gasteiger partial charge in [0.1, 0.15) is 28.8 Å². The molecule has 0 fully saturated rings. The molecule has 0 aliphatic carbocycles. The first-order valence-corrected chi connectivity index (χ1v) is 13.5. The first-order chi connectivity index (χ1) is 20.3. The molecule has 9 nitrogen and oxygen atoms in total. The molecular weight excluding hydrogens is 552 g/mol. The van der Waals surface area contributed by atoms with Crippen molar-refractivity contribution in [1.29, 1.82) is 5.26 Å². The Morgan fingerprint density at radius 3 is 2.36 bits per heavy atom. The van der Waals surface area contributed by atoms with Crippen LogP contribution in [0.2, 0.25) is 5.02 Å². The Balaban J connectivity index is 1.55. The van der Waals surface area contributed by atoms with Crippen LogP contribution in [0.15, 0.2) is 95.4 Å². The fourth-order valence-corrected chi connectivity index (χ4v) is 4.78. The first kappa shape index (κ1) is 28.2. The number of carbonyl (C=O) groups excluding carboxylic acids is 1. The van der Waals surface area contributed by atoms with E-state index >= 15 is 0 Å². The van der Waals surface area contributed by atoms with Crippen molar-refractivity contribution in [2.24, 2.45) is 7.05 Å². The van der Waals surface area contributed by atoms with Crippen LogP contribution in [0.25, 0.3) is 28.7 Å². The van der Waals surface area contributed by atoms with Crippen LogP contribution >= 0.6 is 11.6 Å². The van der Waals surface area contributed by atoms with Crippen LogP contribution in [0.1, 0.15) is 18.2 Å². The number of nitrogens with zero attached hydrogens (tertiary/aromatic N) is 5. The van der Waals surface area contributed by atoms with Gasteiger partial charge in [0.2, 0.25) is 0 Å². The number of amides is 1. The van der Waals surface area contributed by atoms with E-state index in [0.717, 1.165) is 5.69 Å². The fraction of sp³-hybridized carbons (Fsp3) is 0.125. The molecule has 210 valence electrons. The van der Waals surface area contributed by atoms with E-state index in [2.05, 4.69) is 5.32 Å². The Labute approximate surface area is 247 Å². The normalized spacial score (nSPS) is 11.3. The highest BCUT2D eigenvalue weighted by atomic mass is 35.5. The summed E-state index contributed by atoms with van der Waals surface area (Å²) >= 11 is 6.47. The zero-order valence-electron chi connectivity index (χ0n) is 23.2. The van der Waals surface area contributed by atoms with E-state index in [4.69, 9.17) is 21.4 Å². The van der Waals surface area contributed by atoms with Gasteiger partial charge in [-0.1, -0.05) is 48.0 Å². The number of ether oxygens (including phenoxy) is 1. The van der Waals surface area contributed by atoms with Gasteiger partial charge >= 0.3 is 0 Å². The zero-order valence-corrected chi connectivity index (χ0v) is 24.0. The van der Waals surface area contributed by atoms with Gasteiger partial charge in [-0.2, -0.15) is 10.4 Å². The molecule has 10 heteroatoms. The van der Waals surface area contributed by atoms with Crippen LogP contribution in [0, 0.1) is 18.3 Å². The highest BCUT2D eigenvalue weighted by molar-refractivity contribution is 6.32. The number of rotatable bonds is 8. The fourth-order valence-electron chi connectivity index (χ4n) is 4.55. The Hall–Kier alpha value is -5.33. The number of hydrogen-bond acceptors (Lipinski definition) is 5. The van der Waals surface area contributed by atoms with Gasteiger partial charge in [-0.05, 0) is 62.4 Å². The Bertz CT molecular complexity index is 1900. The topological polar surface area (TPSA) is 107 Å². The monoisotopic (exact) mass is 578 g/mol. The van der Waals surface area contributed by atoms with Gasteiger partial charge in [0.25, 0.3) is 11.5 Å². The van der Waals surface area contributed by atoms with Crippen LogP contribution in [-0.4, -0.2) is 31.7 Å². The van der Waals surface area contributed by atoms with E-state index in [-0.39, 0.29) is 11.3 Å². The van der Waals surface area contributed by atoms with Crippen molar-refractivity contribution in [3.05, 3.63) is 117 Å². The van der Waals surface area contributed by atoms with Crippen molar-refractivity contribution in [2.75, 3.05) is 11.9 Å². The number of hydrogen-bond donors (Lipinski definition) is 1. The highest BCUT2D eigenvalue weighted by Gasteiger charge is 2.21. The lowest BCUT2D eigenvalue weighted by Gasteiger charge is -2.07. The van der Waals surface area contributed by atoms with Crippen LogP contribution in [-0.2, 0) is 11.8 Å². The third-order valence-corrected chi connectivity index (χ3v) is 7.02. The van der Waals surface area contributed by atoms with E-state index in [1.165, 1.54) is 10.8 Å². The zero-order chi connectivity index (χ0) is 29.8. The molecule has 0 saturated carbocycles. The van der Waals surface area contributed by atoms with Crippen LogP contribution < -0.4 is 15.6 Å². The summed E-state index contributed by atoms with van der Waals surface area (Å²) in [5, 5.41) is 17.8. The second kappa shape index (κ2) is 12.0. The summed E-state index contributed by atoms with van der Waals surface area (Å²) in [4.78, 5) is 26.7. The summed E-state index contributed by atoms with van der Waals surface area (Å²) in [5.74, 6) is -0.175. The summed E-state index contributed by atoms with van der Waals surface area (Å²) in [6, 6.07) is 25.8. The highest BCUT2D eigenvalue weighted by Crippen LogP contribution is 2.33. The smallest absolute Gasteiger partial charge is 0.295 e. The number of carbonyl (C=O) groups is 1. The van der Waals surface area contributed by atoms with E-state index in [1.807, 2.05) is 67.6 Å². The predicted octanol–water partition coefficient (Wildman–Crippen LogP) is 5.93. The molecule has 0 saturated heterocycles. The SMILES string of the molecule is CCOc1ccc(-c2nn(-c3ccccc3)cc2C=C(C#N)C(=O)Nc2c(C)n(C)n(-c3ccccc3)c2=O)cc1Cl. The van der Waals surface area contributed by atoms with Gasteiger partial charge in [0.15, 0.2) is 0 Å². The third-order valence-electron chi connectivity index (χ3n) is 6.73. The van der Waals surface area contributed by atoms with E-state index in [0.29, 0.717) is 45.6 Å². The number of para-hydroxylation sites is 2. The number of aromatic nitrogens is 4. The lowest BCUT2D eigenvalue weighted by Crippen LogP contribution is -2.23. The van der Waals surface area contributed by atoms with Gasteiger partial charge in [-0.3, -0.25) is 14.3 Å². The van der Waals surface area contributed by atoms with Crippen LogP contribution in [0.5, 0.6) is 5.75 Å². The van der Waals surface area contributed by atoms with Crippen molar-refractivity contribution in [3.8, 4) is 34.5 Å². The maximum absolute atomic E-state index is 13.4. The molecule has 0 atom stereocenters. The van der Waals surface area contributed by atoms with Gasteiger partial charge in [-0.25, -0.2) is 9.36 Å². The van der Waals surface area contributed by atoms with Gasteiger partial charge in [0.05, 0.1) is 28.7 Å². The van der Waals surface area contributed by atoms with Crippen molar-refractivity contribution < 1.29 is 9.53 Å². The minimum atomic E-state index is -0.716. The van der Waals surface area contributed by atoms with Crippen LogP contribution in [0.3, 0.4) is 0 Å². The summed E-state index contributed by atoms with van der Waals surface area (Å²) in [6.07, 6.45) is 3.19. The van der Waals surface area contributed by atoms with Gasteiger partial charge in [0, 0.05) is 24.4 Å². The molecule has 1 amide bonds.